The van der Waals surface area contributed by atoms with Crippen LogP contribution in [-0.2, 0) is 0 Å². The molecule has 0 radical (unpaired) electrons. The number of rotatable bonds is 7. The third kappa shape index (κ3) is 4.90. The van der Waals surface area contributed by atoms with Gasteiger partial charge in [0.25, 0.3) is 0 Å². The highest BCUT2D eigenvalue weighted by Crippen LogP contribution is 2.58. The van der Waals surface area contributed by atoms with Gasteiger partial charge in [0.2, 0.25) is 0 Å². The number of benzene rings is 18. The van der Waals surface area contributed by atoms with Crippen molar-refractivity contribution in [1.82, 2.24) is 0 Å². The van der Waals surface area contributed by atoms with Crippen LogP contribution in [0.4, 0.5) is 34.1 Å². The zero-order valence-corrected chi connectivity index (χ0v) is 40.0. The second-order valence-electron chi connectivity index (χ2n) is 20.7. The molecule has 0 aliphatic heterocycles. The molecule has 2 heteroatoms. The standard InChI is InChI=1S/C72H40N2/c1-4-11-41(12-5-1)54-17-10-18-57(73(52-13-6-2-7-14-52)58-39-50-33-31-46-25-21-42-19-23-44-27-29-48-35-37-55(58)70-66(48)62(44)60(42)64(46)68(50)70)72(54)74(53-15-8-3-9-16-53)59-40-51-34-32-47-26-22-43-20-24-45-28-30-49-36-38-56(59)71-67(49)63(45)61(43)65(47)69(51)71/h1-40H. The highest BCUT2D eigenvalue weighted by Gasteiger charge is 2.31. The summed E-state index contributed by atoms with van der Waals surface area (Å²) in [6.07, 6.45) is 0. The van der Waals surface area contributed by atoms with Gasteiger partial charge >= 0.3 is 0 Å². The first-order valence-corrected chi connectivity index (χ1v) is 25.8. The van der Waals surface area contributed by atoms with E-state index in [1.165, 1.54) is 129 Å². The lowest BCUT2D eigenvalue weighted by Gasteiger charge is -2.36. The SMILES string of the molecule is c1ccc(-c2cccc(N(c3ccccc3)c3cc4ccc5ccc6ccc7ccc8ccc3c3c8c7c6c5c43)c2N(c2ccccc2)c2cc3ccc4ccc5ccc6ccc7ccc2c2c7c6c5c4c32)cc1. The Morgan fingerprint density at radius 3 is 0.919 bits per heavy atom. The van der Waals surface area contributed by atoms with Crippen LogP contribution in [0.15, 0.2) is 243 Å². The zero-order valence-electron chi connectivity index (χ0n) is 40.0. The van der Waals surface area contributed by atoms with Gasteiger partial charge in [0.1, 0.15) is 0 Å². The summed E-state index contributed by atoms with van der Waals surface area (Å²) in [5.41, 5.74) is 8.92. The Kier molecular flexibility index (Phi) is 7.37. The van der Waals surface area contributed by atoms with Gasteiger partial charge in [-0.1, -0.05) is 200 Å². The molecule has 18 aromatic rings. The quantitative estimate of drug-likeness (QED) is 0.116. The first kappa shape index (κ1) is 38.9. The first-order chi connectivity index (χ1) is 36.7. The first-order valence-electron chi connectivity index (χ1n) is 25.8. The zero-order chi connectivity index (χ0) is 47.9. The summed E-state index contributed by atoms with van der Waals surface area (Å²) in [4.78, 5) is 5.15. The second-order valence-corrected chi connectivity index (χ2v) is 20.7. The summed E-state index contributed by atoms with van der Waals surface area (Å²) in [5, 5.41) is 31.4. The summed E-state index contributed by atoms with van der Waals surface area (Å²) in [6.45, 7) is 0. The highest BCUT2D eigenvalue weighted by atomic mass is 15.2. The molecule has 0 fully saturated rings. The van der Waals surface area contributed by atoms with Crippen LogP contribution in [0, 0.1) is 0 Å². The molecule has 0 N–H and O–H groups in total. The lowest BCUT2D eigenvalue weighted by Crippen LogP contribution is -2.18. The van der Waals surface area contributed by atoms with Crippen molar-refractivity contribution in [2.24, 2.45) is 0 Å². The van der Waals surface area contributed by atoms with Crippen LogP contribution in [-0.4, -0.2) is 0 Å². The fourth-order valence-electron chi connectivity index (χ4n) is 14.1. The van der Waals surface area contributed by atoms with Crippen LogP contribution >= 0.6 is 0 Å². The summed E-state index contributed by atoms with van der Waals surface area (Å²) in [6, 6.07) is 91.9. The largest absolute Gasteiger partial charge is 0.308 e. The Morgan fingerprint density at radius 2 is 0.514 bits per heavy atom. The minimum atomic E-state index is 1.08. The molecule has 0 saturated carbocycles. The van der Waals surface area contributed by atoms with E-state index in [2.05, 4.69) is 252 Å². The molecule has 0 saturated heterocycles. The van der Waals surface area contributed by atoms with Gasteiger partial charge in [0.15, 0.2) is 0 Å². The fourth-order valence-corrected chi connectivity index (χ4v) is 14.1. The molecule has 18 rings (SSSR count). The van der Waals surface area contributed by atoms with E-state index in [4.69, 9.17) is 0 Å². The predicted octanol–water partition coefficient (Wildman–Crippen LogP) is 20.8. The third-order valence-electron chi connectivity index (χ3n) is 17.0. The highest BCUT2D eigenvalue weighted by molar-refractivity contribution is 6.47. The molecular formula is C72H40N2. The van der Waals surface area contributed by atoms with E-state index in [9.17, 15) is 0 Å². The number of para-hydroxylation sites is 3. The third-order valence-corrected chi connectivity index (χ3v) is 17.0. The summed E-state index contributed by atoms with van der Waals surface area (Å²) in [5.74, 6) is 0. The minimum absolute atomic E-state index is 1.08. The van der Waals surface area contributed by atoms with E-state index >= 15 is 0 Å². The van der Waals surface area contributed by atoms with Gasteiger partial charge in [-0.25, -0.2) is 0 Å². The van der Waals surface area contributed by atoms with Gasteiger partial charge in [-0.3, -0.25) is 0 Å². The fraction of sp³-hybridized carbons (Fsp3) is 0. The molecule has 0 bridgehead atoms. The van der Waals surface area contributed by atoms with Crippen LogP contribution in [0.2, 0.25) is 0 Å². The lowest BCUT2D eigenvalue weighted by molar-refractivity contribution is 1.24. The number of nitrogens with zero attached hydrogens (tertiary/aromatic N) is 2. The van der Waals surface area contributed by atoms with Crippen molar-refractivity contribution in [1.29, 1.82) is 0 Å². The summed E-state index contributed by atoms with van der Waals surface area (Å²) >= 11 is 0. The Hall–Kier alpha value is -9.76. The number of anilines is 6. The topological polar surface area (TPSA) is 6.48 Å². The Labute approximate surface area is 424 Å². The van der Waals surface area contributed by atoms with Crippen LogP contribution in [0.25, 0.3) is 140 Å². The second kappa shape index (κ2) is 14.0. The molecule has 0 aromatic heterocycles. The van der Waals surface area contributed by atoms with Crippen LogP contribution in [0.1, 0.15) is 0 Å². The van der Waals surface area contributed by atoms with Crippen molar-refractivity contribution in [3.05, 3.63) is 243 Å². The van der Waals surface area contributed by atoms with Gasteiger partial charge in [-0.2, -0.15) is 0 Å². The molecule has 74 heavy (non-hydrogen) atoms. The van der Waals surface area contributed by atoms with E-state index in [-0.39, 0.29) is 0 Å². The summed E-state index contributed by atoms with van der Waals surface area (Å²) in [7, 11) is 0. The number of hydrogen-bond donors (Lipinski definition) is 0. The van der Waals surface area contributed by atoms with Gasteiger partial charge in [-0.05, 0) is 156 Å². The van der Waals surface area contributed by atoms with E-state index in [0.29, 0.717) is 0 Å². The molecule has 0 atom stereocenters. The average Bonchev–Trinajstić information content (AvgIpc) is 3.50. The smallest absolute Gasteiger partial charge is 0.0781 e. The van der Waals surface area contributed by atoms with Gasteiger partial charge in [0, 0.05) is 38.5 Å². The molecule has 0 spiro atoms. The average molecular weight is 933 g/mol. The van der Waals surface area contributed by atoms with Gasteiger partial charge in [-0.15, -0.1) is 0 Å². The van der Waals surface area contributed by atoms with E-state index in [0.717, 1.165) is 45.3 Å². The molecule has 0 heterocycles. The summed E-state index contributed by atoms with van der Waals surface area (Å²) < 4.78 is 0. The van der Waals surface area contributed by atoms with Crippen LogP contribution < -0.4 is 9.80 Å². The molecule has 338 valence electrons. The monoisotopic (exact) mass is 932 g/mol. The molecule has 0 unspecified atom stereocenters. The molecule has 2 nitrogen and oxygen atoms in total. The van der Waals surface area contributed by atoms with Crippen LogP contribution in [0.5, 0.6) is 0 Å². The molecule has 0 aliphatic carbocycles. The minimum Gasteiger partial charge on any atom is -0.308 e. The Morgan fingerprint density at radius 1 is 0.203 bits per heavy atom. The molecular weight excluding hydrogens is 893 g/mol. The van der Waals surface area contributed by atoms with Crippen LogP contribution in [0.3, 0.4) is 0 Å². The molecule has 18 aromatic carbocycles. The molecule has 0 aliphatic rings. The lowest BCUT2D eigenvalue weighted by atomic mass is 9.82. The normalized spacial score (nSPS) is 12.6. The van der Waals surface area contributed by atoms with Crippen molar-refractivity contribution in [3.63, 3.8) is 0 Å². The maximum Gasteiger partial charge on any atom is 0.0781 e. The Balaban J connectivity index is 1.01. The van der Waals surface area contributed by atoms with E-state index in [1.54, 1.807) is 0 Å². The maximum atomic E-state index is 2.59. The van der Waals surface area contributed by atoms with E-state index in [1.807, 2.05) is 0 Å². The van der Waals surface area contributed by atoms with Gasteiger partial charge in [0.05, 0.1) is 22.7 Å². The maximum absolute atomic E-state index is 2.59. The van der Waals surface area contributed by atoms with Crippen molar-refractivity contribution < 1.29 is 0 Å². The van der Waals surface area contributed by atoms with Crippen molar-refractivity contribution in [3.8, 4) is 11.1 Å². The van der Waals surface area contributed by atoms with Crippen molar-refractivity contribution in [2.45, 2.75) is 0 Å². The number of hydrogen-bond acceptors (Lipinski definition) is 2. The molecule has 0 amide bonds. The Bertz CT molecular complexity index is 5120. The van der Waals surface area contributed by atoms with Gasteiger partial charge < -0.3 is 9.80 Å². The van der Waals surface area contributed by atoms with Crippen molar-refractivity contribution in [2.75, 3.05) is 9.80 Å². The van der Waals surface area contributed by atoms with Crippen molar-refractivity contribution >= 4 is 163 Å². The van der Waals surface area contributed by atoms with E-state index < -0.39 is 0 Å². The predicted molar refractivity (Wildman–Crippen MR) is 318 cm³/mol.